The van der Waals surface area contributed by atoms with Gasteiger partial charge in [0.25, 0.3) is 5.91 Å². The molecule has 2 unspecified atom stereocenters. The molecule has 0 fully saturated rings. The number of thiophene rings is 1. The van der Waals surface area contributed by atoms with Crippen LogP contribution in [0.4, 0.5) is 24.0 Å². The van der Waals surface area contributed by atoms with Crippen LogP contribution in [0.5, 0.6) is 0 Å². The van der Waals surface area contributed by atoms with Crippen molar-refractivity contribution >= 4 is 51.3 Å². The molecule has 188 valence electrons. The first kappa shape index (κ1) is 24.9. The van der Waals surface area contributed by atoms with E-state index in [1.807, 2.05) is 0 Å². The number of aryl methyl sites for hydroxylation is 1. The number of hydrogen-bond acceptors (Lipinski definition) is 5. The van der Waals surface area contributed by atoms with Crippen LogP contribution < -0.4 is 10.6 Å². The van der Waals surface area contributed by atoms with Gasteiger partial charge in [-0.3, -0.25) is 4.79 Å². The number of nitriles is 1. The van der Waals surface area contributed by atoms with Crippen LogP contribution in [0.2, 0.25) is 10.0 Å². The van der Waals surface area contributed by atoms with Crippen molar-refractivity contribution in [3.05, 3.63) is 61.6 Å². The van der Waals surface area contributed by atoms with Crippen LogP contribution in [0.3, 0.4) is 0 Å². The zero-order valence-corrected chi connectivity index (χ0v) is 21.1. The molecule has 0 saturated carbocycles. The van der Waals surface area contributed by atoms with Crippen molar-refractivity contribution in [2.75, 3.05) is 10.6 Å². The minimum absolute atomic E-state index is 0.0623. The van der Waals surface area contributed by atoms with Crippen LogP contribution in [0.15, 0.2) is 24.3 Å². The maximum absolute atomic E-state index is 14.0. The predicted octanol–water partition coefficient (Wildman–Crippen LogP) is 7.30. The number of nitrogens with one attached hydrogen (secondary N) is 2. The van der Waals surface area contributed by atoms with Gasteiger partial charge in [-0.1, -0.05) is 35.7 Å². The summed E-state index contributed by atoms with van der Waals surface area (Å²) in [5.41, 5.74) is 1.76. The Morgan fingerprint density at radius 3 is 2.69 bits per heavy atom. The van der Waals surface area contributed by atoms with E-state index >= 15 is 0 Å². The number of anilines is 2. The van der Waals surface area contributed by atoms with E-state index in [0.717, 1.165) is 47.2 Å². The van der Waals surface area contributed by atoms with Gasteiger partial charge >= 0.3 is 6.18 Å². The fraction of sp³-hybridized carbons (Fsp3) is 0.375. The molecule has 0 saturated heterocycles. The number of alkyl halides is 3. The molecular formula is C24H20Cl2F3N5OS. The standard InChI is InChI=1S/C24H20Cl2F3N5OS/c25-15-7-6-12(8-16(15)26)17-9-20(24(27,28)29)34-21(31-17)10-18(33-34)22(35)32-23-14(11-30)13-4-2-1-3-5-19(13)36-23/h6-8,10,17,20,31H,1-5,9H2,(H,32,35). The molecule has 2 atom stereocenters. The lowest BCUT2D eigenvalue weighted by molar-refractivity contribution is -0.173. The summed E-state index contributed by atoms with van der Waals surface area (Å²) >= 11 is 13.4. The quantitative estimate of drug-likeness (QED) is 0.333. The highest BCUT2D eigenvalue weighted by atomic mass is 35.5. The number of rotatable bonds is 3. The summed E-state index contributed by atoms with van der Waals surface area (Å²) in [6, 6.07) is 5.49. The van der Waals surface area contributed by atoms with Crippen LogP contribution in [-0.2, 0) is 12.8 Å². The molecule has 3 heterocycles. The second-order valence-electron chi connectivity index (χ2n) is 8.86. The summed E-state index contributed by atoms with van der Waals surface area (Å²) < 4.78 is 42.8. The van der Waals surface area contributed by atoms with E-state index in [2.05, 4.69) is 21.8 Å². The van der Waals surface area contributed by atoms with E-state index in [4.69, 9.17) is 23.2 Å². The van der Waals surface area contributed by atoms with Gasteiger partial charge in [-0.15, -0.1) is 11.3 Å². The normalized spacial score (nSPS) is 19.4. The average molecular weight is 554 g/mol. The Labute approximate surface area is 219 Å². The Hall–Kier alpha value is -2.74. The third-order valence-corrected chi connectivity index (χ3v) is 8.47. The van der Waals surface area contributed by atoms with Gasteiger partial charge in [-0.2, -0.15) is 23.5 Å². The lowest BCUT2D eigenvalue weighted by atomic mass is 9.97. The molecular weight excluding hydrogens is 534 g/mol. The van der Waals surface area contributed by atoms with E-state index in [9.17, 15) is 23.2 Å². The molecule has 1 aromatic carbocycles. The van der Waals surface area contributed by atoms with Crippen LogP contribution >= 0.6 is 34.5 Å². The molecule has 1 aliphatic carbocycles. The van der Waals surface area contributed by atoms with Gasteiger partial charge in [-0.05, 0) is 48.9 Å². The molecule has 2 aliphatic rings. The second kappa shape index (κ2) is 9.61. The highest BCUT2D eigenvalue weighted by Crippen LogP contribution is 2.44. The van der Waals surface area contributed by atoms with Gasteiger partial charge in [0, 0.05) is 17.4 Å². The summed E-state index contributed by atoms with van der Waals surface area (Å²) in [6.45, 7) is 0. The number of hydrogen-bond donors (Lipinski definition) is 2. The molecule has 5 rings (SSSR count). The maximum Gasteiger partial charge on any atom is 0.410 e. The van der Waals surface area contributed by atoms with Crippen molar-refractivity contribution in [2.24, 2.45) is 0 Å². The molecule has 6 nitrogen and oxygen atoms in total. The number of benzene rings is 1. The van der Waals surface area contributed by atoms with Crippen molar-refractivity contribution in [1.29, 1.82) is 5.26 Å². The number of halogens is 5. The van der Waals surface area contributed by atoms with Crippen molar-refractivity contribution in [3.8, 4) is 6.07 Å². The van der Waals surface area contributed by atoms with E-state index < -0.39 is 24.2 Å². The minimum atomic E-state index is -4.59. The third-order valence-electron chi connectivity index (χ3n) is 6.53. The highest BCUT2D eigenvalue weighted by molar-refractivity contribution is 7.16. The predicted molar refractivity (Wildman–Crippen MR) is 133 cm³/mol. The summed E-state index contributed by atoms with van der Waals surface area (Å²) in [5, 5.41) is 20.4. The maximum atomic E-state index is 14.0. The van der Waals surface area contributed by atoms with Crippen molar-refractivity contribution in [1.82, 2.24) is 9.78 Å². The van der Waals surface area contributed by atoms with Gasteiger partial charge < -0.3 is 10.6 Å². The van der Waals surface area contributed by atoms with E-state index in [0.29, 0.717) is 21.2 Å². The fourth-order valence-electron chi connectivity index (χ4n) is 4.75. The molecule has 0 spiro atoms. The molecule has 2 aromatic heterocycles. The number of carbonyl (C=O) groups excluding carboxylic acids is 1. The summed E-state index contributed by atoms with van der Waals surface area (Å²) in [7, 11) is 0. The minimum Gasteiger partial charge on any atom is -0.363 e. The Balaban J connectivity index is 1.45. The Bertz CT molecular complexity index is 1380. The zero-order chi connectivity index (χ0) is 25.6. The monoisotopic (exact) mass is 553 g/mol. The number of carbonyl (C=O) groups is 1. The van der Waals surface area contributed by atoms with Crippen molar-refractivity contribution in [3.63, 3.8) is 0 Å². The second-order valence-corrected chi connectivity index (χ2v) is 10.8. The molecule has 1 amide bonds. The lowest BCUT2D eigenvalue weighted by Gasteiger charge is -2.33. The van der Waals surface area contributed by atoms with Crippen molar-refractivity contribution in [2.45, 2.75) is 56.8 Å². The number of fused-ring (bicyclic) bond motifs is 2. The van der Waals surface area contributed by atoms with Gasteiger partial charge in [0.2, 0.25) is 0 Å². The third kappa shape index (κ3) is 4.67. The lowest BCUT2D eigenvalue weighted by Crippen LogP contribution is -2.35. The van der Waals surface area contributed by atoms with Gasteiger partial charge in [0.15, 0.2) is 11.7 Å². The van der Waals surface area contributed by atoms with Gasteiger partial charge in [0.1, 0.15) is 16.9 Å². The fourth-order valence-corrected chi connectivity index (χ4v) is 6.29. The molecule has 3 aromatic rings. The largest absolute Gasteiger partial charge is 0.410 e. The summed E-state index contributed by atoms with van der Waals surface area (Å²) in [5.74, 6) is -0.606. The molecule has 0 bridgehead atoms. The number of nitrogens with zero attached hydrogens (tertiary/aromatic N) is 3. The van der Waals surface area contributed by atoms with Gasteiger partial charge in [-0.25, -0.2) is 4.68 Å². The van der Waals surface area contributed by atoms with Gasteiger partial charge in [0.05, 0.1) is 21.7 Å². The summed E-state index contributed by atoms with van der Waals surface area (Å²) in [4.78, 5) is 14.1. The first-order valence-electron chi connectivity index (χ1n) is 11.4. The van der Waals surface area contributed by atoms with E-state index in [1.54, 1.807) is 6.07 Å². The molecule has 2 N–H and O–H groups in total. The molecule has 36 heavy (non-hydrogen) atoms. The average Bonchev–Trinajstić information content (AvgIpc) is 3.32. The Morgan fingerprint density at radius 1 is 1.19 bits per heavy atom. The topological polar surface area (TPSA) is 82.7 Å². The van der Waals surface area contributed by atoms with Crippen LogP contribution in [0.25, 0.3) is 0 Å². The highest BCUT2D eigenvalue weighted by Gasteiger charge is 2.47. The van der Waals surface area contributed by atoms with Crippen LogP contribution in [0.1, 0.15) is 69.8 Å². The van der Waals surface area contributed by atoms with Crippen LogP contribution in [-0.4, -0.2) is 21.9 Å². The van der Waals surface area contributed by atoms with E-state index in [-0.39, 0.29) is 23.0 Å². The number of amides is 1. The molecule has 0 radical (unpaired) electrons. The Morgan fingerprint density at radius 2 is 1.97 bits per heavy atom. The first-order valence-corrected chi connectivity index (χ1v) is 13.0. The molecule has 1 aliphatic heterocycles. The van der Waals surface area contributed by atoms with Crippen molar-refractivity contribution < 1.29 is 18.0 Å². The smallest absolute Gasteiger partial charge is 0.363 e. The van der Waals surface area contributed by atoms with Crippen LogP contribution in [0, 0.1) is 11.3 Å². The zero-order valence-electron chi connectivity index (χ0n) is 18.8. The number of aromatic nitrogens is 2. The Kier molecular flexibility index (Phi) is 6.66. The molecule has 12 heteroatoms. The summed E-state index contributed by atoms with van der Waals surface area (Å²) in [6.07, 6.45) is -0.232. The first-order chi connectivity index (χ1) is 17.2. The van der Waals surface area contributed by atoms with E-state index in [1.165, 1.54) is 29.5 Å². The SMILES string of the molecule is N#Cc1c(NC(=O)c2cc3n(n2)C(C(F)(F)F)CC(c2ccc(Cl)c(Cl)c2)N3)sc2c1CCCCC2.